The second-order valence-electron chi connectivity index (χ2n) is 3.90. The van der Waals surface area contributed by atoms with Crippen LogP contribution in [0.2, 0.25) is 5.02 Å². The highest BCUT2D eigenvalue weighted by Crippen LogP contribution is 2.36. The average Bonchev–Trinajstić information content (AvgIpc) is 2.36. The molecule has 0 saturated heterocycles. The molecule has 18 heavy (non-hydrogen) atoms. The second kappa shape index (κ2) is 4.63. The molecule has 0 fully saturated rings. The van der Waals surface area contributed by atoms with Crippen molar-refractivity contribution in [3.63, 3.8) is 0 Å². The zero-order chi connectivity index (χ0) is 12.0. The fraction of sp³-hybridized carbons (Fsp3) is 0. The Morgan fingerprint density at radius 2 is 1.67 bits per heavy atom. The van der Waals surface area contributed by atoms with E-state index in [2.05, 4.69) is 0 Å². The summed E-state index contributed by atoms with van der Waals surface area (Å²) in [6.07, 6.45) is 0. The quantitative estimate of drug-likeness (QED) is 0.581. The van der Waals surface area contributed by atoms with Gasteiger partial charge in [-0.25, -0.2) is 4.39 Å². The molecule has 0 saturated carbocycles. The molecule has 0 amide bonds. The van der Waals surface area contributed by atoms with Crippen LogP contribution in [0.15, 0.2) is 42.5 Å². The van der Waals surface area contributed by atoms with Gasteiger partial charge < -0.3 is 5.11 Å². The van der Waals surface area contributed by atoms with Gasteiger partial charge >= 0.3 is 0 Å². The van der Waals surface area contributed by atoms with Gasteiger partial charge in [-0.1, -0.05) is 41.9 Å². The molecule has 0 heterocycles. The molecule has 0 spiro atoms. The minimum Gasteiger partial charge on any atom is -0.504 e. The van der Waals surface area contributed by atoms with Crippen molar-refractivity contribution in [2.75, 3.05) is 0 Å². The Morgan fingerprint density at radius 1 is 0.944 bits per heavy atom. The summed E-state index contributed by atoms with van der Waals surface area (Å²) in [7, 11) is 0. The van der Waals surface area contributed by atoms with Gasteiger partial charge in [0, 0.05) is 5.39 Å². The van der Waals surface area contributed by atoms with E-state index in [0.717, 1.165) is 16.2 Å². The van der Waals surface area contributed by atoms with E-state index in [0.29, 0.717) is 5.39 Å². The molecule has 0 bridgehead atoms. The zero-order valence-corrected chi connectivity index (χ0v) is 10.7. The van der Waals surface area contributed by atoms with Crippen LogP contribution in [0, 0.1) is 5.82 Å². The maximum absolute atomic E-state index is 13.5. The Hall–Kier alpha value is -1.51. The summed E-state index contributed by atoms with van der Waals surface area (Å²) in [5.41, 5.74) is 0. The van der Waals surface area contributed by atoms with Gasteiger partial charge in [0.1, 0.15) is 0 Å². The number of rotatable bonds is 0. The molecule has 1 nitrogen and oxygen atoms in total. The maximum Gasteiger partial charge on any atom is 0.184 e. The number of benzene rings is 3. The summed E-state index contributed by atoms with van der Waals surface area (Å²) in [6, 6.07) is 12.8. The molecular weight excluding hydrogens is 274 g/mol. The van der Waals surface area contributed by atoms with Crippen LogP contribution < -0.4 is 0 Å². The van der Waals surface area contributed by atoms with Crippen LogP contribution in [-0.2, 0) is 0 Å². The van der Waals surface area contributed by atoms with Crippen molar-refractivity contribution in [3.05, 3.63) is 53.3 Å². The molecule has 0 aliphatic heterocycles. The van der Waals surface area contributed by atoms with E-state index in [1.54, 1.807) is 12.1 Å². The van der Waals surface area contributed by atoms with Gasteiger partial charge in [0.15, 0.2) is 11.6 Å². The van der Waals surface area contributed by atoms with Crippen molar-refractivity contribution in [3.8, 4) is 5.75 Å². The lowest BCUT2D eigenvalue weighted by molar-refractivity contribution is 0.439. The lowest BCUT2D eigenvalue weighted by atomic mass is 10.0. The lowest BCUT2D eigenvalue weighted by Gasteiger charge is -2.07. The summed E-state index contributed by atoms with van der Waals surface area (Å²) >= 11 is 5.76. The fourth-order valence-corrected chi connectivity index (χ4v) is 2.28. The van der Waals surface area contributed by atoms with E-state index in [9.17, 15) is 9.50 Å². The van der Waals surface area contributed by atoms with Crippen molar-refractivity contribution in [1.29, 1.82) is 0 Å². The summed E-state index contributed by atoms with van der Waals surface area (Å²) < 4.78 is 13.5. The molecule has 0 aliphatic rings. The van der Waals surface area contributed by atoms with Crippen LogP contribution >= 0.6 is 24.0 Å². The molecular formula is C14H9Cl2FO. The van der Waals surface area contributed by atoms with Gasteiger partial charge in [0.25, 0.3) is 0 Å². The number of halogens is 3. The first-order chi connectivity index (χ1) is 8.18. The molecule has 3 aromatic rings. The lowest BCUT2D eigenvalue weighted by Crippen LogP contribution is -1.84. The molecule has 4 heteroatoms. The van der Waals surface area contributed by atoms with Crippen molar-refractivity contribution in [2.24, 2.45) is 0 Å². The van der Waals surface area contributed by atoms with Gasteiger partial charge in [-0.05, 0) is 28.3 Å². The number of fused-ring (bicyclic) bond motifs is 3. The Balaban J connectivity index is 0.00000120. The zero-order valence-electron chi connectivity index (χ0n) is 9.15. The fourth-order valence-electron chi connectivity index (χ4n) is 2.08. The second-order valence-corrected chi connectivity index (χ2v) is 4.31. The van der Waals surface area contributed by atoms with Gasteiger partial charge in [-0.15, -0.1) is 12.4 Å². The molecule has 0 aliphatic carbocycles. The van der Waals surface area contributed by atoms with E-state index in [4.69, 9.17) is 11.6 Å². The summed E-state index contributed by atoms with van der Waals surface area (Å²) in [5.74, 6) is -1.16. The van der Waals surface area contributed by atoms with Gasteiger partial charge in [-0.3, -0.25) is 0 Å². The van der Waals surface area contributed by atoms with E-state index in [1.165, 1.54) is 0 Å². The first kappa shape index (κ1) is 12.9. The van der Waals surface area contributed by atoms with Crippen molar-refractivity contribution in [1.82, 2.24) is 0 Å². The highest BCUT2D eigenvalue weighted by molar-refractivity contribution is 6.32. The van der Waals surface area contributed by atoms with Crippen LogP contribution in [0.25, 0.3) is 21.5 Å². The Bertz CT molecular complexity index is 741. The Morgan fingerprint density at radius 3 is 2.44 bits per heavy atom. The molecule has 0 atom stereocenters. The van der Waals surface area contributed by atoms with Crippen LogP contribution in [-0.4, -0.2) is 5.11 Å². The van der Waals surface area contributed by atoms with E-state index in [1.807, 2.05) is 30.3 Å². The smallest absolute Gasteiger partial charge is 0.184 e. The van der Waals surface area contributed by atoms with E-state index < -0.39 is 11.6 Å². The van der Waals surface area contributed by atoms with Gasteiger partial charge in [0.2, 0.25) is 0 Å². The van der Waals surface area contributed by atoms with Crippen LogP contribution in [0.1, 0.15) is 0 Å². The topological polar surface area (TPSA) is 20.2 Å². The predicted octanol–water partition coefficient (Wildman–Crippen LogP) is 4.91. The third-order valence-corrected chi connectivity index (χ3v) is 3.19. The van der Waals surface area contributed by atoms with E-state index >= 15 is 0 Å². The van der Waals surface area contributed by atoms with Gasteiger partial charge in [-0.2, -0.15) is 0 Å². The number of phenols is 1. The minimum absolute atomic E-state index is 0. The third kappa shape index (κ3) is 1.78. The number of aromatic hydroxyl groups is 1. The third-order valence-electron chi connectivity index (χ3n) is 2.91. The van der Waals surface area contributed by atoms with Crippen LogP contribution in [0.4, 0.5) is 4.39 Å². The molecule has 1 N–H and O–H groups in total. The summed E-state index contributed by atoms with van der Waals surface area (Å²) in [5, 5.41) is 12.9. The largest absolute Gasteiger partial charge is 0.504 e. The normalized spacial score (nSPS) is 10.6. The predicted molar refractivity (Wildman–Crippen MR) is 75.3 cm³/mol. The minimum atomic E-state index is -0.769. The highest BCUT2D eigenvalue weighted by Gasteiger charge is 2.12. The molecule has 0 aromatic heterocycles. The van der Waals surface area contributed by atoms with Crippen molar-refractivity contribution >= 4 is 45.6 Å². The number of hydrogen-bond donors (Lipinski definition) is 1. The molecule has 3 rings (SSSR count). The standard InChI is InChI=1S/C14H8ClFO.ClH/c15-12-7-11-9-4-2-1-3-8(9)5-6-10(11)14(17)13(12)16;/h1-7,17H;1H. The monoisotopic (exact) mass is 282 g/mol. The number of phenolic OH excluding ortho intramolecular Hbond substituents is 1. The summed E-state index contributed by atoms with van der Waals surface area (Å²) in [6.45, 7) is 0. The highest BCUT2D eigenvalue weighted by atomic mass is 35.5. The van der Waals surface area contributed by atoms with Gasteiger partial charge in [0.05, 0.1) is 5.02 Å². The first-order valence-electron chi connectivity index (χ1n) is 5.17. The SMILES string of the molecule is Cl.Oc1c(F)c(Cl)cc2c1ccc1ccccc12. The average molecular weight is 283 g/mol. The van der Waals surface area contributed by atoms with Crippen molar-refractivity contribution < 1.29 is 9.50 Å². The van der Waals surface area contributed by atoms with Crippen LogP contribution in [0.5, 0.6) is 5.75 Å². The van der Waals surface area contributed by atoms with E-state index in [-0.39, 0.29) is 17.4 Å². The summed E-state index contributed by atoms with van der Waals surface area (Å²) in [4.78, 5) is 0. The maximum atomic E-state index is 13.5. The molecule has 0 radical (unpaired) electrons. The molecule has 3 aromatic carbocycles. The van der Waals surface area contributed by atoms with Crippen molar-refractivity contribution in [2.45, 2.75) is 0 Å². The molecule has 92 valence electrons. The number of hydrogen-bond acceptors (Lipinski definition) is 1. The Kier molecular flexibility index (Phi) is 3.33. The van der Waals surface area contributed by atoms with Crippen LogP contribution in [0.3, 0.4) is 0 Å². The first-order valence-corrected chi connectivity index (χ1v) is 5.54. The Labute approximate surface area is 114 Å². The molecule has 0 unspecified atom stereocenters.